The maximum Gasteiger partial charge on any atom is 0.128 e. The van der Waals surface area contributed by atoms with Crippen LogP contribution in [-0.4, -0.2) is 42.6 Å². The van der Waals surface area contributed by atoms with E-state index in [0.717, 1.165) is 38.5 Å². The number of hydrogen-bond donors (Lipinski definition) is 0. The Hall–Kier alpha value is -1.61. The summed E-state index contributed by atoms with van der Waals surface area (Å²) in [5, 5.41) is 0. The van der Waals surface area contributed by atoms with Crippen LogP contribution in [0.1, 0.15) is 18.4 Å². The number of nitrogens with zero attached hydrogens (tertiary/aromatic N) is 3. The predicted octanol–water partition coefficient (Wildman–Crippen LogP) is 2.79. The summed E-state index contributed by atoms with van der Waals surface area (Å²) in [5.41, 5.74) is 2.71. The molecule has 0 saturated carbocycles. The van der Waals surface area contributed by atoms with Gasteiger partial charge < -0.3 is 4.90 Å². The Morgan fingerprint density at radius 3 is 2.60 bits per heavy atom. The highest BCUT2D eigenvalue weighted by Gasteiger charge is 2.18. The fraction of sp³-hybridized carbons (Fsp3) is 0.471. The Morgan fingerprint density at radius 2 is 1.95 bits per heavy atom. The molecule has 106 valence electrons. The normalized spacial score (nSPS) is 20.1. The first-order valence-electron chi connectivity index (χ1n) is 7.57. The van der Waals surface area contributed by atoms with Crippen molar-refractivity contribution in [3.05, 3.63) is 47.7 Å². The van der Waals surface area contributed by atoms with Gasteiger partial charge in [0, 0.05) is 38.9 Å². The standard InChI is InChI=1S/C17H23N3/c1-15-7-8-17(18-13-15)20-11-9-19(10-12-20)14-16-5-3-2-4-6-16/h3,5-8,13H,2,4,9-12,14H2,1H3. The molecule has 0 atom stereocenters. The van der Waals surface area contributed by atoms with Crippen LogP contribution < -0.4 is 4.90 Å². The average Bonchev–Trinajstić information content (AvgIpc) is 2.50. The zero-order chi connectivity index (χ0) is 13.8. The number of rotatable bonds is 3. The molecule has 0 amide bonds. The molecule has 1 aromatic heterocycles. The van der Waals surface area contributed by atoms with E-state index in [0.29, 0.717) is 0 Å². The summed E-state index contributed by atoms with van der Waals surface area (Å²) >= 11 is 0. The van der Waals surface area contributed by atoms with E-state index in [1.807, 2.05) is 6.20 Å². The molecule has 0 N–H and O–H groups in total. The molecule has 0 radical (unpaired) electrons. The molecular formula is C17H23N3. The summed E-state index contributed by atoms with van der Waals surface area (Å²) < 4.78 is 0. The largest absolute Gasteiger partial charge is 0.354 e. The summed E-state index contributed by atoms with van der Waals surface area (Å²) in [7, 11) is 0. The Labute approximate surface area is 121 Å². The van der Waals surface area contributed by atoms with Crippen molar-refractivity contribution in [1.82, 2.24) is 9.88 Å². The third kappa shape index (κ3) is 3.28. The molecule has 0 unspecified atom stereocenters. The van der Waals surface area contributed by atoms with Crippen molar-refractivity contribution >= 4 is 5.82 Å². The first kappa shape index (κ1) is 13.4. The van der Waals surface area contributed by atoms with E-state index in [2.05, 4.69) is 52.1 Å². The quantitative estimate of drug-likeness (QED) is 0.841. The lowest BCUT2D eigenvalue weighted by molar-refractivity contribution is 0.279. The lowest BCUT2D eigenvalue weighted by Crippen LogP contribution is -2.47. The van der Waals surface area contributed by atoms with Gasteiger partial charge in [0.1, 0.15) is 5.82 Å². The van der Waals surface area contributed by atoms with Crippen LogP contribution in [-0.2, 0) is 0 Å². The minimum atomic E-state index is 1.08. The van der Waals surface area contributed by atoms with Gasteiger partial charge in [0.15, 0.2) is 0 Å². The first-order chi connectivity index (χ1) is 9.81. The summed E-state index contributed by atoms with van der Waals surface area (Å²) in [4.78, 5) is 9.47. The van der Waals surface area contributed by atoms with Gasteiger partial charge in [-0.3, -0.25) is 4.90 Å². The second-order valence-electron chi connectivity index (χ2n) is 5.72. The number of anilines is 1. The molecule has 1 aromatic rings. The van der Waals surface area contributed by atoms with Gasteiger partial charge in [0.25, 0.3) is 0 Å². The number of aromatic nitrogens is 1. The highest BCUT2D eigenvalue weighted by molar-refractivity contribution is 5.39. The summed E-state index contributed by atoms with van der Waals surface area (Å²) in [5.74, 6) is 1.12. The zero-order valence-corrected chi connectivity index (χ0v) is 12.3. The second kappa shape index (κ2) is 6.23. The molecule has 0 aromatic carbocycles. The molecule has 0 spiro atoms. The number of allylic oxidation sites excluding steroid dienone is 2. The minimum absolute atomic E-state index is 1.08. The van der Waals surface area contributed by atoms with Crippen LogP contribution in [0.5, 0.6) is 0 Å². The highest BCUT2D eigenvalue weighted by Crippen LogP contribution is 2.16. The van der Waals surface area contributed by atoms with Gasteiger partial charge in [-0.2, -0.15) is 0 Å². The van der Waals surface area contributed by atoms with Crippen molar-refractivity contribution in [2.24, 2.45) is 0 Å². The molecule has 3 heteroatoms. The van der Waals surface area contributed by atoms with Gasteiger partial charge in [-0.1, -0.05) is 24.3 Å². The highest BCUT2D eigenvalue weighted by atomic mass is 15.3. The lowest BCUT2D eigenvalue weighted by Gasteiger charge is -2.35. The van der Waals surface area contributed by atoms with Gasteiger partial charge in [0.05, 0.1) is 0 Å². The van der Waals surface area contributed by atoms with Crippen molar-refractivity contribution in [3.63, 3.8) is 0 Å². The Bertz CT molecular complexity index is 493. The van der Waals surface area contributed by atoms with Gasteiger partial charge in [-0.05, 0) is 37.0 Å². The third-order valence-corrected chi connectivity index (χ3v) is 4.07. The summed E-state index contributed by atoms with van der Waals surface area (Å²) in [6.07, 6.45) is 11.3. The van der Waals surface area contributed by atoms with Crippen molar-refractivity contribution in [2.45, 2.75) is 19.8 Å². The minimum Gasteiger partial charge on any atom is -0.354 e. The summed E-state index contributed by atoms with van der Waals surface area (Å²) in [6, 6.07) is 4.28. The van der Waals surface area contributed by atoms with Crippen LogP contribution >= 0.6 is 0 Å². The van der Waals surface area contributed by atoms with E-state index in [4.69, 9.17) is 0 Å². The van der Waals surface area contributed by atoms with Crippen LogP contribution in [0.3, 0.4) is 0 Å². The van der Waals surface area contributed by atoms with Crippen LogP contribution in [0.15, 0.2) is 42.1 Å². The number of pyridine rings is 1. The molecule has 1 saturated heterocycles. The molecule has 2 heterocycles. The lowest BCUT2D eigenvalue weighted by atomic mass is 10.1. The number of piperazine rings is 1. The fourth-order valence-electron chi connectivity index (χ4n) is 2.83. The Kier molecular flexibility index (Phi) is 4.16. The van der Waals surface area contributed by atoms with E-state index in [-0.39, 0.29) is 0 Å². The molecule has 1 aliphatic carbocycles. The van der Waals surface area contributed by atoms with Gasteiger partial charge in [-0.15, -0.1) is 0 Å². The maximum absolute atomic E-state index is 4.53. The molecule has 20 heavy (non-hydrogen) atoms. The SMILES string of the molecule is Cc1ccc(N2CCN(CC3=CCCC=C3)CC2)nc1. The van der Waals surface area contributed by atoms with E-state index in [9.17, 15) is 0 Å². The van der Waals surface area contributed by atoms with E-state index in [1.165, 1.54) is 24.0 Å². The molecule has 0 bridgehead atoms. The molecule has 3 nitrogen and oxygen atoms in total. The topological polar surface area (TPSA) is 19.4 Å². The smallest absolute Gasteiger partial charge is 0.128 e. The molecule has 1 fully saturated rings. The van der Waals surface area contributed by atoms with Crippen molar-refractivity contribution in [3.8, 4) is 0 Å². The van der Waals surface area contributed by atoms with E-state index >= 15 is 0 Å². The maximum atomic E-state index is 4.53. The van der Waals surface area contributed by atoms with Crippen LogP contribution in [0.2, 0.25) is 0 Å². The monoisotopic (exact) mass is 269 g/mol. The van der Waals surface area contributed by atoms with E-state index in [1.54, 1.807) is 0 Å². The first-order valence-corrected chi connectivity index (χ1v) is 7.57. The second-order valence-corrected chi connectivity index (χ2v) is 5.72. The fourth-order valence-corrected chi connectivity index (χ4v) is 2.83. The molecule has 2 aliphatic rings. The van der Waals surface area contributed by atoms with Crippen LogP contribution in [0, 0.1) is 6.92 Å². The van der Waals surface area contributed by atoms with Gasteiger partial charge in [0.2, 0.25) is 0 Å². The Morgan fingerprint density at radius 1 is 1.10 bits per heavy atom. The van der Waals surface area contributed by atoms with Crippen molar-refractivity contribution in [1.29, 1.82) is 0 Å². The molecule has 3 rings (SSSR count). The third-order valence-electron chi connectivity index (χ3n) is 4.07. The number of aryl methyl sites for hydroxylation is 1. The molecule has 1 aliphatic heterocycles. The van der Waals surface area contributed by atoms with Gasteiger partial charge >= 0.3 is 0 Å². The number of hydrogen-bond acceptors (Lipinski definition) is 3. The van der Waals surface area contributed by atoms with Crippen molar-refractivity contribution in [2.75, 3.05) is 37.6 Å². The van der Waals surface area contributed by atoms with Crippen molar-refractivity contribution < 1.29 is 0 Å². The Balaban J connectivity index is 1.53. The van der Waals surface area contributed by atoms with Gasteiger partial charge in [-0.25, -0.2) is 4.98 Å². The average molecular weight is 269 g/mol. The van der Waals surface area contributed by atoms with Crippen LogP contribution in [0.4, 0.5) is 5.82 Å². The predicted molar refractivity (Wildman–Crippen MR) is 84.1 cm³/mol. The summed E-state index contributed by atoms with van der Waals surface area (Å²) in [6.45, 7) is 7.59. The molecular weight excluding hydrogens is 246 g/mol. The van der Waals surface area contributed by atoms with Crippen LogP contribution in [0.25, 0.3) is 0 Å². The van der Waals surface area contributed by atoms with E-state index < -0.39 is 0 Å². The zero-order valence-electron chi connectivity index (χ0n) is 12.3.